The van der Waals surface area contributed by atoms with Crippen molar-refractivity contribution >= 4 is 22.8 Å². The van der Waals surface area contributed by atoms with Gasteiger partial charge in [0.15, 0.2) is 5.65 Å². The summed E-state index contributed by atoms with van der Waals surface area (Å²) in [5.74, 6) is -0.118. The normalized spacial score (nSPS) is 10.7. The summed E-state index contributed by atoms with van der Waals surface area (Å²) in [6.07, 6.45) is 3.11. The third-order valence-electron chi connectivity index (χ3n) is 5.37. The van der Waals surface area contributed by atoms with Gasteiger partial charge in [0.2, 0.25) is 0 Å². The van der Waals surface area contributed by atoms with Crippen LogP contribution in [0.2, 0.25) is 0 Å². The second-order valence-electron chi connectivity index (χ2n) is 7.61. The molecule has 0 saturated carbocycles. The van der Waals surface area contributed by atoms with Gasteiger partial charge in [-0.2, -0.15) is 5.10 Å². The molecule has 9 nitrogen and oxygen atoms in total. The first kappa shape index (κ1) is 23.7. The lowest BCUT2D eigenvalue weighted by atomic mass is 10.2. The molecule has 0 bridgehead atoms. The van der Waals surface area contributed by atoms with Gasteiger partial charge in [0.1, 0.15) is 17.3 Å². The van der Waals surface area contributed by atoms with Crippen LogP contribution in [-0.4, -0.2) is 53.9 Å². The first-order chi connectivity index (χ1) is 17.0. The molecule has 35 heavy (non-hydrogen) atoms. The van der Waals surface area contributed by atoms with E-state index in [4.69, 9.17) is 9.47 Å². The Bertz CT molecular complexity index is 1370. The number of carbonyl (C=O) groups excluding carboxylic acids is 2. The molecule has 2 heterocycles. The highest BCUT2D eigenvalue weighted by Crippen LogP contribution is 2.26. The number of amides is 2. The summed E-state index contributed by atoms with van der Waals surface area (Å²) >= 11 is 0. The topological polar surface area (TPSA) is 107 Å². The van der Waals surface area contributed by atoms with Crippen molar-refractivity contribution in [3.05, 3.63) is 83.4 Å². The molecular weight excluding hydrogens is 453 g/mol. The minimum Gasteiger partial charge on any atom is -0.497 e. The van der Waals surface area contributed by atoms with Gasteiger partial charge in [-0.15, -0.1) is 0 Å². The van der Waals surface area contributed by atoms with Gasteiger partial charge in [-0.3, -0.25) is 9.59 Å². The number of hydrogen-bond acceptors (Lipinski definition) is 6. The fourth-order valence-electron chi connectivity index (χ4n) is 3.55. The van der Waals surface area contributed by atoms with Crippen molar-refractivity contribution in [2.45, 2.75) is 6.54 Å². The molecule has 0 atom stereocenters. The van der Waals surface area contributed by atoms with Crippen LogP contribution in [-0.2, 0) is 6.54 Å². The van der Waals surface area contributed by atoms with Crippen LogP contribution < -0.4 is 20.1 Å². The van der Waals surface area contributed by atoms with Crippen LogP contribution in [0.25, 0.3) is 11.0 Å². The van der Waals surface area contributed by atoms with Gasteiger partial charge >= 0.3 is 0 Å². The highest BCUT2D eigenvalue weighted by Gasteiger charge is 2.13. The van der Waals surface area contributed by atoms with Gasteiger partial charge in [-0.1, -0.05) is 12.1 Å². The van der Waals surface area contributed by atoms with E-state index in [-0.39, 0.29) is 24.6 Å². The standard InChI is InChI=1S/C25H24FN5O4/c1-34-19-8-7-16(22(12-19)35-2)15-31-23-17(14-30-31)11-18(13-29-23)24(32)27-9-10-28-25(33)20-5-3-4-6-21(20)26/h3-8,11-14H,9-10,15H2,1-2H3,(H,27,32)(H,28,33). The van der Waals surface area contributed by atoms with E-state index in [2.05, 4.69) is 20.7 Å². The average Bonchev–Trinajstić information content (AvgIpc) is 3.28. The molecule has 0 aliphatic heterocycles. The van der Waals surface area contributed by atoms with Crippen molar-refractivity contribution in [1.82, 2.24) is 25.4 Å². The highest BCUT2D eigenvalue weighted by atomic mass is 19.1. The van der Waals surface area contributed by atoms with Gasteiger partial charge < -0.3 is 20.1 Å². The number of pyridine rings is 1. The fraction of sp³-hybridized carbons (Fsp3) is 0.200. The Morgan fingerprint density at radius 2 is 1.74 bits per heavy atom. The minimum absolute atomic E-state index is 0.0437. The maximum Gasteiger partial charge on any atom is 0.254 e. The lowest BCUT2D eigenvalue weighted by molar-refractivity contribution is 0.0925. The number of nitrogens with one attached hydrogen (secondary N) is 2. The maximum absolute atomic E-state index is 13.7. The first-order valence-corrected chi connectivity index (χ1v) is 10.8. The number of halogens is 1. The largest absolute Gasteiger partial charge is 0.497 e. The van der Waals surface area contributed by atoms with Crippen molar-refractivity contribution in [2.75, 3.05) is 27.3 Å². The summed E-state index contributed by atoms with van der Waals surface area (Å²) < 4.78 is 26.1. The number of hydrogen-bond donors (Lipinski definition) is 2. The van der Waals surface area contributed by atoms with E-state index in [0.717, 1.165) is 5.56 Å². The molecule has 2 aromatic carbocycles. The Labute approximate surface area is 200 Å². The summed E-state index contributed by atoms with van der Waals surface area (Å²) in [4.78, 5) is 29.0. The molecular formula is C25H24FN5O4. The zero-order valence-electron chi connectivity index (χ0n) is 19.2. The number of rotatable bonds is 9. The van der Waals surface area contributed by atoms with Gasteiger partial charge in [-0.05, 0) is 30.3 Å². The van der Waals surface area contributed by atoms with Gasteiger partial charge in [0, 0.05) is 36.3 Å². The molecule has 0 unspecified atom stereocenters. The molecule has 2 N–H and O–H groups in total. The predicted molar refractivity (Wildman–Crippen MR) is 127 cm³/mol. The Kier molecular flexibility index (Phi) is 7.20. The Hall–Kier alpha value is -4.47. The SMILES string of the molecule is COc1ccc(Cn2ncc3cc(C(=O)NCCNC(=O)c4ccccc4F)cnc32)c(OC)c1. The van der Waals surface area contributed by atoms with Crippen molar-refractivity contribution < 1.29 is 23.5 Å². The summed E-state index contributed by atoms with van der Waals surface area (Å²) in [5.41, 5.74) is 1.84. The van der Waals surface area contributed by atoms with E-state index < -0.39 is 11.7 Å². The second-order valence-corrected chi connectivity index (χ2v) is 7.61. The van der Waals surface area contributed by atoms with Crippen LogP contribution in [0.5, 0.6) is 11.5 Å². The van der Waals surface area contributed by atoms with Gasteiger partial charge in [0.25, 0.3) is 11.8 Å². The Morgan fingerprint density at radius 1 is 0.971 bits per heavy atom. The third kappa shape index (κ3) is 5.37. The molecule has 0 saturated heterocycles. The number of benzene rings is 2. The third-order valence-corrected chi connectivity index (χ3v) is 5.37. The zero-order valence-corrected chi connectivity index (χ0v) is 19.2. The van der Waals surface area contributed by atoms with Crippen LogP contribution >= 0.6 is 0 Å². The number of carbonyl (C=O) groups is 2. The first-order valence-electron chi connectivity index (χ1n) is 10.8. The summed E-state index contributed by atoms with van der Waals surface area (Å²) in [6.45, 7) is 0.751. The van der Waals surface area contributed by atoms with Crippen LogP contribution in [0.4, 0.5) is 4.39 Å². The lowest BCUT2D eigenvalue weighted by Gasteiger charge is -2.11. The van der Waals surface area contributed by atoms with E-state index in [0.29, 0.717) is 34.6 Å². The van der Waals surface area contributed by atoms with Gasteiger partial charge in [0.05, 0.1) is 38.1 Å². The van der Waals surface area contributed by atoms with Crippen molar-refractivity contribution in [3.63, 3.8) is 0 Å². The molecule has 0 spiro atoms. The quantitative estimate of drug-likeness (QED) is 0.359. The predicted octanol–water partition coefficient (Wildman–Crippen LogP) is 2.80. The molecule has 0 radical (unpaired) electrons. The molecule has 0 aliphatic carbocycles. The number of aromatic nitrogens is 3. The van der Waals surface area contributed by atoms with E-state index in [1.165, 1.54) is 24.4 Å². The number of fused-ring (bicyclic) bond motifs is 1. The average molecular weight is 477 g/mol. The van der Waals surface area contributed by atoms with Crippen LogP contribution in [0, 0.1) is 5.82 Å². The Balaban J connectivity index is 1.37. The summed E-state index contributed by atoms with van der Waals surface area (Å²) in [7, 11) is 3.18. The molecule has 4 rings (SSSR count). The van der Waals surface area contributed by atoms with Crippen molar-refractivity contribution in [1.29, 1.82) is 0 Å². The molecule has 0 fully saturated rings. The summed E-state index contributed by atoms with van der Waals surface area (Å²) in [5, 5.41) is 10.4. The van der Waals surface area contributed by atoms with Crippen molar-refractivity contribution in [3.8, 4) is 11.5 Å². The monoisotopic (exact) mass is 477 g/mol. The maximum atomic E-state index is 13.7. The number of nitrogens with zero attached hydrogens (tertiary/aromatic N) is 3. The van der Waals surface area contributed by atoms with E-state index >= 15 is 0 Å². The smallest absolute Gasteiger partial charge is 0.254 e. The number of ether oxygens (including phenoxy) is 2. The fourth-order valence-corrected chi connectivity index (χ4v) is 3.55. The molecule has 10 heteroatoms. The summed E-state index contributed by atoms with van der Waals surface area (Å²) in [6, 6.07) is 13.0. The molecule has 4 aromatic rings. The van der Waals surface area contributed by atoms with Gasteiger partial charge in [-0.25, -0.2) is 14.1 Å². The lowest BCUT2D eigenvalue weighted by Crippen LogP contribution is -2.35. The molecule has 180 valence electrons. The Morgan fingerprint density at radius 3 is 2.49 bits per heavy atom. The molecule has 2 aromatic heterocycles. The van der Waals surface area contributed by atoms with Crippen LogP contribution in [0.3, 0.4) is 0 Å². The zero-order chi connectivity index (χ0) is 24.8. The molecule has 2 amide bonds. The second kappa shape index (κ2) is 10.6. The minimum atomic E-state index is -0.598. The van der Waals surface area contributed by atoms with E-state index in [1.807, 2.05) is 12.1 Å². The van der Waals surface area contributed by atoms with E-state index in [9.17, 15) is 14.0 Å². The van der Waals surface area contributed by atoms with E-state index in [1.54, 1.807) is 43.3 Å². The molecule has 0 aliphatic rings. The van der Waals surface area contributed by atoms with Crippen molar-refractivity contribution in [2.24, 2.45) is 0 Å². The highest BCUT2D eigenvalue weighted by molar-refractivity contribution is 5.97. The van der Waals surface area contributed by atoms with Crippen LogP contribution in [0.15, 0.2) is 60.9 Å². The number of methoxy groups -OCH3 is 2. The van der Waals surface area contributed by atoms with Crippen LogP contribution in [0.1, 0.15) is 26.3 Å².